The van der Waals surface area contributed by atoms with E-state index in [0.717, 1.165) is 11.3 Å². The van der Waals surface area contributed by atoms with Crippen LogP contribution in [0.2, 0.25) is 0 Å². The third-order valence-corrected chi connectivity index (χ3v) is 5.96. The summed E-state index contributed by atoms with van der Waals surface area (Å²) >= 11 is 4.27. The number of halogens is 1. The minimum absolute atomic E-state index is 0.0422. The van der Waals surface area contributed by atoms with E-state index in [1.54, 1.807) is 34.6 Å². The van der Waals surface area contributed by atoms with Gasteiger partial charge in [0.1, 0.15) is 15.7 Å². The first-order valence-electron chi connectivity index (χ1n) is 7.82. The smallest absolute Gasteiger partial charge is 0.413 e. The van der Waals surface area contributed by atoms with Crippen molar-refractivity contribution in [2.75, 3.05) is 24.8 Å². The molecule has 0 radical (unpaired) electrons. The van der Waals surface area contributed by atoms with Crippen LogP contribution in [0.15, 0.2) is 3.79 Å². The van der Waals surface area contributed by atoms with Crippen molar-refractivity contribution in [3.05, 3.63) is 9.48 Å². The van der Waals surface area contributed by atoms with Crippen LogP contribution in [0.5, 0.6) is 0 Å². The average Bonchev–Trinajstić information content (AvgIpc) is 2.84. The van der Waals surface area contributed by atoms with Gasteiger partial charge in [0.15, 0.2) is 10.8 Å². The molecule has 1 aromatic rings. The van der Waals surface area contributed by atoms with E-state index in [0.29, 0.717) is 3.79 Å². The predicted octanol–water partition coefficient (Wildman–Crippen LogP) is 4.21. The Labute approximate surface area is 164 Å². The number of anilines is 1. The number of carbonyl (C=O) groups excluding carboxylic acids is 2. The van der Waals surface area contributed by atoms with E-state index in [1.807, 2.05) is 0 Å². The Morgan fingerprint density at radius 2 is 1.81 bits per heavy atom. The second-order valence-corrected chi connectivity index (χ2v) is 10.3. The van der Waals surface area contributed by atoms with E-state index in [1.165, 1.54) is 0 Å². The predicted molar refractivity (Wildman–Crippen MR) is 103 cm³/mol. The zero-order valence-corrected chi connectivity index (χ0v) is 18.5. The van der Waals surface area contributed by atoms with Crippen LogP contribution in [0.4, 0.5) is 9.93 Å². The fourth-order valence-electron chi connectivity index (χ4n) is 1.66. The number of nitrogens with one attached hydrogen (secondary N) is 2. The van der Waals surface area contributed by atoms with Gasteiger partial charge in [-0.2, -0.15) is 0 Å². The topological polar surface area (TPSA) is 116 Å². The number of ether oxygens (including phenoxy) is 1. The largest absolute Gasteiger partial charge is 0.444 e. The Bertz CT molecular complexity index is 681. The van der Waals surface area contributed by atoms with Crippen LogP contribution in [-0.2, 0) is 18.3 Å². The summed E-state index contributed by atoms with van der Waals surface area (Å²) in [4.78, 5) is 28.1. The van der Waals surface area contributed by atoms with Crippen molar-refractivity contribution in [1.82, 2.24) is 10.3 Å². The maximum atomic E-state index is 12.4. The molecule has 0 aliphatic carbocycles. The van der Waals surface area contributed by atoms with Crippen LogP contribution in [0, 0.1) is 0 Å². The molecular weight excluding hydrogens is 449 g/mol. The monoisotopic (exact) mass is 471 g/mol. The highest BCUT2D eigenvalue weighted by Gasteiger charge is 2.26. The van der Waals surface area contributed by atoms with Crippen LogP contribution in [0.3, 0.4) is 0 Å². The maximum Gasteiger partial charge on any atom is 0.413 e. The van der Waals surface area contributed by atoms with Gasteiger partial charge >= 0.3 is 13.7 Å². The van der Waals surface area contributed by atoms with E-state index >= 15 is 0 Å². The first-order valence-corrected chi connectivity index (χ1v) is 11.2. The van der Waals surface area contributed by atoms with Crippen molar-refractivity contribution >= 4 is 52.0 Å². The molecule has 0 bridgehead atoms. The number of amides is 2. The molecule has 2 amide bonds. The van der Waals surface area contributed by atoms with Gasteiger partial charge in [0, 0.05) is 0 Å². The molecule has 0 spiro atoms. The zero-order valence-electron chi connectivity index (χ0n) is 15.3. The lowest BCUT2D eigenvalue weighted by Crippen LogP contribution is -2.27. The van der Waals surface area contributed by atoms with E-state index in [-0.39, 0.29) is 30.3 Å². The molecule has 0 fully saturated rings. The summed E-state index contributed by atoms with van der Waals surface area (Å²) in [6.07, 6.45) is -0.963. The molecule has 0 aliphatic rings. The molecule has 0 saturated carbocycles. The van der Waals surface area contributed by atoms with Crippen LogP contribution in [-0.4, -0.2) is 42.1 Å². The van der Waals surface area contributed by atoms with Crippen molar-refractivity contribution < 1.29 is 27.9 Å². The molecule has 9 nitrogen and oxygen atoms in total. The molecule has 0 atom stereocenters. The third-order valence-electron chi connectivity index (χ3n) is 2.49. The van der Waals surface area contributed by atoms with Crippen LogP contribution < -0.4 is 10.6 Å². The molecule has 0 saturated heterocycles. The number of rotatable bonds is 8. The summed E-state index contributed by atoms with van der Waals surface area (Å²) in [5, 5.41) is 5.12. The molecule has 1 aromatic heterocycles. The molecule has 1 rings (SSSR count). The lowest BCUT2D eigenvalue weighted by molar-refractivity contribution is 0.0635. The summed E-state index contributed by atoms with van der Waals surface area (Å²) in [5.74, 6) is -0.579. The lowest BCUT2D eigenvalue weighted by atomic mass is 10.2. The molecular formula is C14H23BrN3O6PS. The van der Waals surface area contributed by atoms with Crippen molar-refractivity contribution in [2.45, 2.75) is 40.2 Å². The number of aromatic nitrogens is 1. The first-order chi connectivity index (χ1) is 12.0. The van der Waals surface area contributed by atoms with Gasteiger partial charge in [0.2, 0.25) is 0 Å². The molecule has 1 heterocycles. The zero-order chi connectivity index (χ0) is 20.0. The van der Waals surface area contributed by atoms with Gasteiger partial charge in [-0.25, -0.2) is 9.78 Å². The quantitative estimate of drug-likeness (QED) is 0.545. The van der Waals surface area contributed by atoms with Crippen molar-refractivity contribution in [3.8, 4) is 0 Å². The highest BCUT2D eigenvalue weighted by molar-refractivity contribution is 9.11. The van der Waals surface area contributed by atoms with Gasteiger partial charge in [-0.15, -0.1) is 0 Å². The molecule has 148 valence electrons. The first kappa shape index (κ1) is 23.0. The van der Waals surface area contributed by atoms with E-state index in [9.17, 15) is 14.2 Å². The van der Waals surface area contributed by atoms with Gasteiger partial charge in [0.25, 0.3) is 5.91 Å². The minimum atomic E-state index is -3.41. The van der Waals surface area contributed by atoms with Crippen LogP contribution in [0.25, 0.3) is 0 Å². The van der Waals surface area contributed by atoms with Gasteiger partial charge in [-0.05, 0) is 50.5 Å². The van der Waals surface area contributed by atoms with Crippen molar-refractivity contribution in [1.29, 1.82) is 0 Å². The highest BCUT2D eigenvalue weighted by atomic mass is 79.9. The Morgan fingerprint density at radius 3 is 2.31 bits per heavy atom. The molecule has 12 heteroatoms. The molecule has 0 unspecified atom stereocenters. The van der Waals surface area contributed by atoms with Crippen molar-refractivity contribution in [2.24, 2.45) is 0 Å². The van der Waals surface area contributed by atoms with Gasteiger partial charge in [-0.1, -0.05) is 11.3 Å². The Kier molecular flexibility index (Phi) is 8.68. The van der Waals surface area contributed by atoms with Crippen LogP contribution in [0.1, 0.15) is 45.1 Å². The molecule has 0 aliphatic heterocycles. The van der Waals surface area contributed by atoms with Crippen molar-refractivity contribution in [3.63, 3.8) is 0 Å². The summed E-state index contributed by atoms with van der Waals surface area (Å²) in [6.45, 7) is 8.95. The standard InChI is InChI=1S/C14H23BrN3O6PS/c1-6-22-25(21,23-7-2)8-16-11(19)9-10(15)26-12(17-9)18-13(20)24-14(3,4)5/h6-8H2,1-5H3,(H,16,19)(H,17,18,20). The Morgan fingerprint density at radius 1 is 1.23 bits per heavy atom. The minimum Gasteiger partial charge on any atom is -0.444 e. The van der Waals surface area contributed by atoms with E-state index in [2.05, 4.69) is 31.5 Å². The molecule has 26 heavy (non-hydrogen) atoms. The fourth-order valence-corrected chi connectivity index (χ4v) is 4.45. The third kappa shape index (κ3) is 7.71. The maximum absolute atomic E-state index is 12.4. The Hall–Kier alpha value is -1.00. The number of thiazole rings is 1. The average molecular weight is 472 g/mol. The second kappa shape index (κ2) is 9.80. The van der Waals surface area contributed by atoms with Gasteiger partial charge < -0.3 is 19.1 Å². The van der Waals surface area contributed by atoms with Crippen LogP contribution >= 0.6 is 34.9 Å². The number of carbonyl (C=O) groups is 2. The SMILES string of the molecule is CCOP(=O)(CNC(=O)c1nc(NC(=O)OC(C)(C)C)sc1Br)OCC. The van der Waals surface area contributed by atoms with Gasteiger partial charge in [0.05, 0.1) is 13.2 Å². The number of hydrogen-bond donors (Lipinski definition) is 2. The van der Waals surface area contributed by atoms with E-state index in [4.69, 9.17) is 13.8 Å². The highest BCUT2D eigenvalue weighted by Crippen LogP contribution is 2.46. The fraction of sp³-hybridized carbons (Fsp3) is 0.643. The summed E-state index contributed by atoms with van der Waals surface area (Å²) in [6, 6.07) is 0. The molecule has 2 N–H and O–H groups in total. The van der Waals surface area contributed by atoms with Gasteiger partial charge in [-0.3, -0.25) is 14.7 Å². The summed E-state index contributed by atoms with van der Waals surface area (Å²) in [7, 11) is -3.41. The molecule has 0 aromatic carbocycles. The lowest BCUT2D eigenvalue weighted by Gasteiger charge is -2.18. The number of hydrogen-bond acceptors (Lipinski definition) is 8. The Balaban J connectivity index is 2.74. The number of nitrogens with zero attached hydrogens (tertiary/aromatic N) is 1. The van der Waals surface area contributed by atoms with E-state index < -0.39 is 25.2 Å². The summed E-state index contributed by atoms with van der Waals surface area (Å²) < 4.78 is 28.1. The summed E-state index contributed by atoms with van der Waals surface area (Å²) in [5.41, 5.74) is -0.612. The second-order valence-electron chi connectivity index (χ2n) is 5.88. The normalized spacial score (nSPS) is 11.9.